The lowest BCUT2D eigenvalue weighted by Gasteiger charge is -2.27. The van der Waals surface area contributed by atoms with Crippen LogP contribution in [-0.4, -0.2) is 20.8 Å². The van der Waals surface area contributed by atoms with Crippen LogP contribution in [0.1, 0.15) is 32.8 Å². The van der Waals surface area contributed by atoms with Gasteiger partial charge < -0.3 is 4.74 Å². The van der Waals surface area contributed by atoms with Crippen molar-refractivity contribution in [2.45, 2.75) is 37.9 Å². The lowest BCUT2D eigenvalue weighted by Crippen LogP contribution is -2.26. The van der Waals surface area contributed by atoms with E-state index in [9.17, 15) is 8.42 Å². The third kappa shape index (κ3) is 3.89. The zero-order valence-corrected chi connectivity index (χ0v) is 12.7. The maximum Gasteiger partial charge on any atom is 0.235 e. The molecule has 0 amide bonds. The van der Waals surface area contributed by atoms with Gasteiger partial charge in [-0.3, -0.25) is 0 Å². The number of halogens is 1. The van der Waals surface area contributed by atoms with E-state index in [0.717, 1.165) is 11.3 Å². The van der Waals surface area contributed by atoms with E-state index < -0.39 is 14.3 Å². The highest BCUT2D eigenvalue weighted by molar-refractivity contribution is 8.14. The normalized spacial score (nSPS) is 14.3. The Morgan fingerprint density at radius 1 is 1.28 bits per heavy atom. The molecule has 0 saturated heterocycles. The first-order valence-electron chi connectivity index (χ1n) is 5.75. The molecule has 1 aromatic carbocycles. The molecule has 1 rings (SSSR count). The minimum Gasteiger partial charge on any atom is -0.497 e. The molecule has 0 radical (unpaired) electrons. The van der Waals surface area contributed by atoms with Gasteiger partial charge >= 0.3 is 0 Å². The molecule has 0 aliphatic carbocycles. The van der Waals surface area contributed by atoms with E-state index in [1.54, 1.807) is 14.0 Å². The van der Waals surface area contributed by atoms with Crippen LogP contribution in [0.2, 0.25) is 0 Å². The summed E-state index contributed by atoms with van der Waals surface area (Å²) >= 11 is 0. The standard InChI is InChI=1S/C13H19ClO3S/c1-10(18(14,15)16)9-13(2,3)11-5-7-12(17-4)8-6-11/h5-8,10H,9H2,1-4H3. The van der Waals surface area contributed by atoms with Crippen molar-refractivity contribution in [3.05, 3.63) is 29.8 Å². The molecule has 0 spiro atoms. The SMILES string of the molecule is COc1ccc(C(C)(C)CC(C)S(=O)(=O)Cl)cc1. The Hall–Kier alpha value is -0.740. The zero-order valence-electron chi connectivity index (χ0n) is 11.1. The second-order valence-corrected chi connectivity index (χ2v) is 8.15. The van der Waals surface area contributed by atoms with E-state index in [2.05, 4.69) is 0 Å². The van der Waals surface area contributed by atoms with Crippen molar-refractivity contribution in [2.75, 3.05) is 7.11 Å². The largest absolute Gasteiger partial charge is 0.497 e. The second-order valence-electron chi connectivity index (χ2n) is 5.10. The van der Waals surface area contributed by atoms with Gasteiger partial charge in [0.05, 0.1) is 12.4 Å². The lowest BCUT2D eigenvalue weighted by molar-refractivity contribution is 0.413. The molecule has 0 aromatic heterocycles. The monoisotopic (exact) mass is 290 g/mol. The molecule has 0 fully saturated rings. The van der Waals surface area contributed by atoms with E-state index >= 15 is 0 Å². The molecule has 1 aromatic rings. The van der Waals surface area contributed by atoms with Crippen molar-refractivity contribution in [1.29, 1.82) is 0 Å². The summed E-state index contributed by atoms with van der Waals surface area (Å²) in [7, 11) is 3.48. The Balaban J connectivity index is 2.91. The van der Waals surface area contributed by atoms with Gasteiger partial charge in [0.2, 0.25) is 9.05 Å². The average Bonchev–Trinajstić information content (AvgIpc) is 2.27. The van der Waals surface area contributed by atoms with Crippen molar-refractivity contribution in [3.8, 4) is 5.75 Å². The predicted molar refractivity (Wildman–Crippen MR) is 74.9 cm³/mol. The van der Waals surface area contributed by atoms with Crippen LogP contribution >= 0.6 is 10.7 Å². The summed E-state index contributed by atoms with van der Waals surface area (Å²) in [6.45, 7) is 5.65. The molecule has 0 saturated carbocycles. The fourth-order valence-corrected chi connectivity index (χ4v) is 2.78. The summed E-state index contributed by atoms with van der Waals surface area (Å²) < 4.78 is 27.7. The van der Waals surface area contributed by atoms with Gasteiger partial charge in [0.15, 0.2) is 0 Å². The summed E-state index contributed by atoms with van der Waals surface area (Å²) in [4.78, 5) is 0. The highest BCUT2D eigenvalue weighted by atomic mass is 35.7. The zero-order chi connectivity index (χ0) is 14.0. The first kappa shape index (κ1) is 15.3. The minimum absolute atomic E-state index is 0.256. The maximum atomic E-state index is 11.3. The number of hydrogen-bond donors (Lipinski definition) is 0. The Labute approximate surface area is 114 Å². The van der Waals surface area contributed by atoms with Crippen LogP contribution in [0.4, 0.5) is 0 Å². The third-order valence-corrected chi connectivity index (χ3v) is 5.19. The predicted octanol–water partition coefficient (Wildman–Crippen LogP) is 3.32. The minimum atomic E-state index is -3.51. The van der Waals surface area contributed by atoms with Gasteiger partial charge in [-0.05, 0) is 36.5 Å². The van der Waals surface area contributed by atoms with Gasteiger partial charge in [-0.15, -0.1) is 0 Å². The van der Waals surface area contributed by atoms with E-state index in [-0.39, 0.29) is 5.41 Å². The van der Waals surface area contributed by atoms with Crippen LogP contribution in [0, 0.1) is 0 Å². The number of methoxy groups -OCH3 is 1. The molecule has 0 N–H and O–H groups in total. The van der Waals surface area contributed by atoms with Crippen LogP contribution in [0.5, 0.6) is 5.75 Å². The first-order valence-corrected chi connectivity index (χ1v) is 8.12. The second kappa shape index (κ2) is 5.49. The van der Waals surface area contributed by atoms with Crippen molar-refractivity contribution < 1.29 is 13.2 Å². The Morgan fingerprint density at radius 2 is 1.78 bits per heavy atom. The van der Waals surface area contributed by atoms with Crippen LogP contribution in [0.25, 0.3) is 0 Å². The number of hydrogen-bond acceptors (Lipinski definition) is 3. The Bertz CT molecular complexity index is 491. The molecule has 3 nitrogen and oxygen atoms in total. The van der Waals surface area contributed by atoms with Gasteiger partial charge in [0, 0.05) is 10.7 Å². The molecule has 18 heavy (non-hydrogen) atoms. The molecular weight excluding hydrogens is 272 g/mol. The Morgan fingerprint density at radius 3 is 2.17 bits per heavy atom. The number of rotatable bonds is 5. The van der Waals surface area contributed by atoms with Crippen LogP contribution in [0.3, 0.4) is 0 Å². The molecule has 0 bridgehead atoms. The average molecular weight is 291 g/mol. The van der Waals surface area contributed by atoms with Gasteiger partial charge in [-0.25, -0.2) is 8.42 Å². The molecular formula is C13H19ClO3S. The molecule has 0 heterocycles. The summed E-state index contributed by atoms with van der Waals surface area (Å²) in [6, 6.07) is 7.65. The summed E-state index contributed by atoms with van der Waals surface area (Å²) in [5.41, 5.74) is 0.809. The first-order chi connectivity index (χ1) is 8.16. The van der Waals surface area contributed by atoms with Crippen molar-refractivity contribution in [3.63, 3.8) is 0 Å². The van der Waals surface area contributed by atoms with Crippen molar-refractivity contribution in [1.82, 2.24) is 0 Å². The maximum absolute atomic E-state index is 11.3. The van der Waals surface area contributed by atoms with Gasteiger partial charge in [0.25, 0.3) is 0 Å². The fraction of sp³-hybridized carbons (Fsp3) is 0.538. The quantitative estimate of drug-likeness (QED) is 0.781. The van der Waals surface area contributed by atoms with Crippen LogP contribution < -0.4 is 4.74 Å². The van der Waals surface area contributed by atoms with Gasteiger partial charge in [0.1, 0.15) is 5.75 Å². The number of ether oxygens (including phenoxy) is 1. The summed E-state index contributed by atoms with van der Waals surface area (Å²) in [6.07, 6.45) is 0.477. The van der Waals surface area contributed by atoms with Gasteiger partial charge in [-0.1, -0.05) is 26.0 Å². The topological polar surface area (TPSA) is 43.4 Å². The van der Waals surface area contributed by atoms with E-state index in [1.807, 2.05) is 38.1 Å². The van der Waals surface area contributed by atoms with E-state index in [4.69, 9.17) is 15.4 Å². The van der Waals surface area contributed by atoms with Crippen LogP contribution in [-0.2, 0) is 14.5 Å². The fourth-order valence-electron chi connectivity index (χ4n) is 1.98. The molecule has 0 aliphatic rings. The number of benzene rings is 1. The highest BCUT2D eigenvalue weighted by Crippen LogP contribution is 2.32. The molecule has 1 unspecified atom stereocenters. The smallest absolute Gasteiger partial charge is 0.235 e. The third-order valence-electron chi connectivity index (χ3n) is 3.15. The highest BCUT2D eigenvalue weighted by Gasteiger charge is 2.29. The Kier molecular flexibility index (Phi) is 4.67. The summed E-state index contributed by atoms with van der Waals surface area (Å²) in [5.74, 6) is 0.785. The molecule has 5 heteroatoms. The van der Waals surface area contributed by atoms with E-state index in [0.29, 0.717) is 6.42 Å². The van der Waals surface area contributed by atoms with E-state index in [1.165, 1.54) is 0 Å². The molecule has 0 aliphatic heterocycles. The molecule has 1 atom stereocenters. The molecule has 102 valence electrons. The summed E-state index contributed by atoms with van der Waals surface area (Å²) in [5, 5.41) is -0.573. The van der Waals surface area contributed by atoms with Crippen molar-refractivity contribution in [2.24, 2.45) is 0 Å². The van der Waals surface area contributed by atoms with Gasteiger partial charge in [-0.2, -0.15) is 0 Å². The van der Waals surface area contributed by atoms with Crippen molar-refractivity contribution >= 4 is 19.7 Å². The van der Waals surface area contributed by atoms with Crippen LogP contribution in [0.15, 0.2) is 24.3 Å². The lowest BCUT2D eigenvalue weighted by atomic mass is 9.80.